The molecule has 1 aliphatic heterocycles. The van der Waals surface area contributed by atoms with E-state index in [2.05, 4.69) is 22.1 Å². The van der Waals surface area contributed by atoms with Gasteiger partial charge in [-0.2, -0.15) is 5.10 Å². The van der Waals surface area contributed by atoms with Crippen molar-refractivity contribution in [3.63, 3.8) is 0 Å². The summed E-state index contributed by atoms with van der Waals surface area (Å²) in [7, 11) is 4.91. The van der Waals surface area contributed by atoms with Gasteiger partial charge in [0.2, 0.25) is 0 Å². The van der Waals surface area contributed by atoms with Crippen LogP contribution in [-0.2, 0) is 6.42 Å². The highest BCUT2D eigenvalue weighted by atomic mass is 16.5. The van der Waals surface area contributed by atoms with E-state index < -0.39 is 0 Å². The molecule has 4 rings (SSSR count). The van der Waals surface area contributed by atoms with E-state index in [0.717, 1.165) is 45.2 Å². The molecule has 1 aromatic heterocycles. The summed E-state index contributed by atoms with van der Waals surface area (Å²) in [5.41, 5.74) is 5.88. The van der Waals surface area contributed by atoms with Gasteiger partial charge >= 0.3 is 0 Å². The molecular formula is C23H24N4O3. The summed E-state index contributed by atoms with van der Waals surface area (Å²) in [6.07, 6.45) is 2.41. The number of fused-ring (bicyclic) bond motifs is 2. The molecule has 0 saturated heterocycles. The third kappa shape index (κ3) is 3.08. The highest BCUT2D eigenvalue weighted by Gasteiger charge is 2.28. The number of hydrogen-bond donors (Lipinski definition) is 2. The van der Waals surface area contributed by atoms with Gasteiger partial charge in [-0.1, -0.05) is 18.2 Å². The van der Waals surface area contributed by atoms with Gasteiger partial charge < -0.3 is 19.5 Å². The van der Waals surface area contributed by atoms with Gasteiger partial charge in [-0.25, -0.2) is 4.99 Å². The molecule has 0 unspecified atom stereocenters. The molecular weight excluding hydrogens is 380 g/mol. The number of rotatable bonds is 6. The van der Waals surface area contributed by atoms with Crippen LogP contribution in [-0.4, -0.2) is 37.2 Å². The SMILES string of the molecule is C=CCc1c(OC)c(OC)cc2c1C(c1ccccc1OC)=Nc1c(n[nH]c1C)N2. The lowest BCUT2D eigenvalue weighted by molar-refractivity contribution is 0.352. The minimum absolute atomic E-state index is 0.571. The topological polar surface area (TPSA) is 80.8 Å². The fourth-order valence-electron chi connectivity index (χ4n) is 3.75. The molecule has 7 nitrogen and oxygen atoms in total. The minimum Gasteiger partial charge on any atom is -0.496 e. The van der Waals surface area contributed by atoms with Crippen LogP contribution < -0.4 is 19.5 Å². The van der Waals surface area contributed by atoms with Gasteiger partial charge in [0, 0.05) is 22.8 Å². The molecule has 0 saturated carbocycles. The Morgan fingerprint density at radius 1 is 1.07 bits per heavy atom. The second-order valence-electron chi connectivity index (χ2n) is 6.84. The number of aliphatic imine (C=N–C) groups is 1. The second kappa shape index (κ2) is 7.94. The van der Waals surface area contributed by atoms with Crippen molar-refractivity contribution in [2.24, 2.45) is 4.99 Å². The Labute approximate surface area is 175 Å². The van der Waals surface area contributed by atoms with Crippen LogP contribution in [0.4, 0.5) is 17.2 Å². The van der Waals surface area contributed by atoms with Crippen molar-refractivity contribution < 1.29 is 14.2 Å². The summed E-state index contributed by atoms with van der Waals surface area (Å²) in [5.74, 6) is 2.65. The van der Waals surface area contributed by atoms with Crippen molar-refractivity contribution in [1.29, 1.82) is 0 Å². The summed E-state index contributed by atoms with van der Waals surface area (Å²) < 4.78 is 17.0. The number of H-pyrrole nitrogens is 1. The van der Waals surface area contributed by atoms with E-state index in [-0.39, 0.29) is 0 Å². The number of nitrogens with zero attached hydrogens (tertiary/aromatic N) is 2. The van der Waals surface area contributed by atoms with E-state index in [1.807, 2.05) is 43.3 Å². The van der Waals surface area contributed by atoms with E-state index in [1.54, 1.807) is 21.3 Å². The van der Waals surface area contributed by atoms with E-state index in [4.69, 9.17) is 19.2 Å². The first-order chi connectivity index (χ1) is 14.6. The van der Waals surface area contributed by atoms with Gasteiger partial charge in [0.25, 0.3) is 0 Å². The van der Waals surface area contributed by atoms with Gasteiger partial charge in [0.1, 0.15) is 11.4 Å². The van der Waals surface area contributed by atoms with Crippen molar-refractivity contribution in [3.8, 4) is 17.2 Å². The third-order valence-electron chi connectivity index (χ3n) is 5.11. The zero-order chi connectivity index (χ0) is 21.3. The smallest absolute Gasteiger partial charge is 0.178 e. The van der Waals surface area contributed by atoms with Crippen LogP contribution in [0.2, 0.25) is 0 Å². The van der Waals surface area contributed by atoms with Crippen molar-refractivity contribution in [3.05, 3.63) is 65.4 Å². The molecule has 3 aromatic rings. The number of aryl methyl sites for hydroxylation is 1. The van der Waals surface area contributed by atoms with E-state index in [1.165, 1.54) is 0 Å². The first-order valence-corrected chi connectivity index (χ1v) is 9.56. The molecule has 2 heterocycles. The average molecular weight is 404 g/mol. The maximum absolute atomic E-state index is 5.74. The number of aromatic amines is 1. The summed E-state index contributed by atoms with van der Waals surface area (Å²) in [5, 5.41) is 10.8. The lowest BCUT2D eigenvalue weighted by Gasteiger charge is -2.21. The second-order valence-corrected chi connectivity index (χ2v) is 6.84. The Balaban J connectivity index is 2.12. The number of aromatic nitrogens is 2. The zero-order valence-corrected chi connectivity index (χ0v) is 17.5. The monoisotopic (exact) mass is 404 g/mol. The van der Waals surface area contributed by atoms with Crippen LogP contribution >= 0.6 is 0 Å². The van der Waals surface area contributed by atoms with Crippen LogP contribution in [0, 0.1) is 6.92 Å². The number of ether oxygens (including phenoxy) is 3. The Hall–Kier alpha value is -3.74. The molecule has 7 heteroatoms. The van der Waals surface area contributed by atoms with Crippen LogP contribution in [0.3, 0.4) is 0 Å². The summed E-state index contributed by atoms with van der Waals surface area (Å²) >= 11 is 0. The predicted molar refractivity (Wildman–Crippen MR) is 118 cm³/mol. The lowest BCUT2D eigenvalue weighted by Crippen LogP contribution is -2.12. The number of hydrogen-bond acceptors (Lipinski definition) is 6. The van der Waals surface area contributed by atoms with Gasteiger partial charge in [-0.3, -0.25) is 5.10 Å². The molecule has 0 bridgehead atoms. The molecule has 1 aliphatic rings. The number of methoxy groups -OCH3 is 3. The van der Waals surface area contributed by atoms with Crippen LogP contribution in [0.5, 0.6) is 17.2 Å². The molecule has 2 N–H and O–H groups in total. The molecule has 30 heavy (non-hydrogen) atoms. The number of allylic oxidation sites excluding steroid dienone is 1. The van der Waals surface area contributed by atoms with Crippen molar-refractivity contribution in [2.75, 3.05) is 26.6 Å². The molecule has 0 atom stereocenters. The minimum atomic E-state index is 0.571. The van der Waals surface area contributed by atoms with Crippen molar-refractivity contribution in [2.45, 2.75) is 13.3 Å². The normalized spacial score (nSPS) is 12.1. The summed E-state index contributed by atoms with van der Waals surface area (Å²) in [4.78, 5) is 5.04. The van der Waals surface area contributed by atoms with E-state index in [9.17, 15) is 0 Å². The van der Waals surface area contributed by atoms with Crippen molar-refractivity contribution in [1.82, 2.24) is 10.2 Å². The maximum atomic E-state index is 5.74. The molecule has 0 spiro atoms. The predicted octanol–water partition coefficient (Wildman–Crippen LogP) is 4.70. The van der Waals surface area contributed by atoms with Crippen LogP contribution in [0.1, 0.15) is 22.4 Å². The van der Waals surface area contributed by atoms with Gasteiger partial charge in [0.15, 0.2) is 17.3 Å². The maximum Gasteiger partial charge on any atom is 0.178 e. The van der Waals surface area contributed by atoms with Gasteiger partial charge in [-0.05, 0) is 25.5 Å². The highest BCUT2D eigenvalue weighted by Crippen LogP contribution is 2.45. The molecule has 0 aliphatic carbocycles. The Morgan fingerprint density at radius 3 is 2.53 bits per heavy atom. The molecule has 0 amide bonds. The Morgan fingerprint density at radius 2 is 1.83 bits per heavy atom. The number of para-hydroxylation sites is 1. The number of anilines is 2. The fourth-order valence-corrected chi connectivity index (χ4v) is 3.75. The average Bonchev–Trinajstić information content (AvgIpc) is 3.02. The molecule has 0 fully saturated rings. The Kier molecular flexibility index (Phi) is 5.18. The van der Waals surface area contributed by atoms with Crippen LogP contribution in [0.15, 0.2) is 48.0 Å². The summed E-state index contributed by atoms with van der Waals surface area (Å²) in [6.45, 7) is 5.88. The third-order valence-corrected chi connectivity index (χ3v) is 5.11. The quantitative estimate of drug-likeness (QED) is 0.455. The number of benzene rings is 2. The molecule has 2 aromatic carbocycles. The van der Waals surface area contributed by atoms with Gasteiger partial charge in [-0.15, -0.1) is 6.58 Å². The molecule has 0 radical (unpaired) electrons. The van der Waals surface area contributed by atoms with Crippen LogP contribution in [0.25, 0.3) is 0 Å². The summed E-state index contributed by atoms with van der Waals surface area (Å²) in [6, 6.07) is 9.73. The lowest BCUT2D eigenvalue weighted by atomic mass is 9.92. The standard InChI is InChI=1S/C23H24N4O3/c1-6-9-15-19-16(12-18(29-4)22(15)30-5)24-23-20(13(2)26-27-23)25-21(19)14-10-7-8-11-17(14)28-3/h6-8,10-12H,1,9H2,2-5H3,(H2,24,26,27). The van der Waals surface area contributed by atoms with E-state index in [0.29, 0.717) is 23.7 Å². The highest BCUT2D eigenvalue weighted by molar-refractivity contribution is 6.21. The van der Waals surface area contributed by atoms with Crippen molar-refractivity contribution >= 4 is 22.9 Å². The molecule has 154 valence electrons. The fraction of sp³-hybridized carbons (Fsp3) is 0.217. The first-order valence-electron chi connectivity index (χ1n) is 9.56. The first kappa shape index (κ1) is 19.6. The Bertz CT molecular complexity index is 1150. The zero-order valence-electron chi connectivity index (χ0n) is 17.5. The van der Waals surface area contributed by atoms with Gasteiger partial charge in [0.05, 0.1) is 38.4 Å². The number of nitrogens with one attached hydrogen (secondary N) is 2. The van der Waals surface area contributed by atoms with E-state index >= 15 is 0 Å². The largest absolute Gasteiger partial charge is 0.496 e.